The zero-order valence-corrected chi connectivity index (χ0v) is 10.8. The number of nitrogens with zero attached hydrogens (tertiary/aromatic N) is 1. The SMILES string of the molecule is CCCCN(CC(N)=O)CC(=O)C1CCCC1. The fourth-order valence-electron chi connectivity index (χ4n) is 2.41. The van der Waals surface area contributed by atoms with Crippen LogP contribution in [0.1, 0.15) is 45.4 Å². The molecule has 1 fully saturated rings. The van der Waals surface area contributed by atoms with Crippen LogP contribution >= 0.6 is 0 Å². The third kappa shape index (κ3) is 5.31. The Kier molecular flexibility index (Phi) is 6.19. The van der Waals surface area contributed by atoms with Gasteiger partial charge in [-0.05, 0) is 25.8 Å². The molecular weight excluding hydrogens is 216 g/mol. The molecule has 0 aromatic rings. The number of amides is 1. The maximum absolute atomic E-state index is 12.0. The maximum Gasteiger partial charge on any atom is 0.231 e. The van der Waals surface area contributed by atoms with Crippen molar-refractivity contribution < 1.29 is 9.59 Å². The number of unbranched alkanes of at least 4 members (excludes halogenated alkanes) is 1. The lowest BCUT2D eigenvalue weighted by molar-refractivity contribution is -0.125. The number of carbonyl (C=O) groups is 2. The van der Waals surface area contributed by atoms with E-state index in [4.69, 9.17) is 5.73 Å². The van der Waals surface area contributed by atoms with Gasteiger partial charge in [0.05, 0.1) is 13.1 Å². The van der Waals surface area contributed by atoms with Crippen LogP contribution in [0.4, 0.5) is 0 Å². The molecule has 1 aliphatic rings. The predicted octanol–water partition coefficient (Wildman–Crippen LogP) is 1.33. The lowest BCUT2D eigenvalue weighted by Crippen LogP contribution is -2.39. The number of ketones is 1. The first-order valence-corrected chi connectivity index (χ1v) is 6.66. The first-order chi connectivity index (χ1) is 8.13. The number of carbonyl (C=O) groups excluding carboxylic acids is 2. The predicted molar refractivity (Wildman–Crippen MR) is 67.5 cm³/mol. The summed E-state index contributed by atoms with van der Waals surface area (Å²) < 4.78 is 0. The maximum atomic E-state index is 12.0. The van der Waals surface area contributed by atoms with E-state index in [2.05, 4.69) is 6.92 Å². The zero-order valence-electron chi connectivity index (χ0n) is 10.8. The van der Waals surface area contributed by atoms with Gasteiger partial charge in [-0.15, -0.1) is 0 Å². The van der Waals surface area contributed by atoms with Gasteiger partial charge in [-0.3, -0.25) is 14.5 Å². The molecule has 1 aliphatic carbocycles. The van der Waals surface area contributed by atoms with Crippen molar-refractivity contribution in [1.29, 1.82) is 0 Å². The molecule has 0 unspecified atom stereocenters. The first-order valence-electron chi connectivity index (χ1n) is 6.66. The Labute approximate surface area is 104 Å². The van der Waals surface area contributed by atoms with Crippen LogP contribution in [-0.4, -0.2) is 36.2 Å². The molecular formula is C13H24N2O2. The van der Waals surface area contributed by atoms with Gasteiger partial charge >= 0.3 is 0 Å². The molecule has 2 N–H and O–H groups in total. The molecule has 0 aromatic heterocycles. The summed E-state index contributed by atoms with van der Waals surface area (Å²) >= 11 is 0. The summed E-state index contributed by atoms with van der Waals surface area (Å²) in [6.45, 7) is 3.49. The van der Waals surface area contributed by atoms with Crippen molar-refractivity contribution in [1.82, 2.24) is 4.90 Å². The Bertz CT molecular complexity index is 260. The molecule has 0 aromatic carbocycles. The summed E-state index contributed by atoms with van der Waals surface area (Å²) in [5.74, 6) is 0.173. The molecule has 0 spiro atoms. The minimum Gasteiger partial charge on any atom is -0.369 e. The average Bonchev–Trinajstić information content (AvgIpc) is 2.78. The largest absolute Gasteiger partial charge is 0.369 e. The quantitative estimate of drug-likeness (QED) is 0.696. The van der Waals surface area contributed by atoms with Gasteiger partial charge in [-0.25, -0.2) is 0 Å². The first kappa shape index (κ1) is 14.2. The fourth-order valence-corrected chi connectivity index (χ4v) is 2.41. The lowest BCUT2D eigenvalue weighted by atomic mass is 10.0. The van der Waals surface area contributed by atoms with Gasteiger partial charge in [0.2, 0.25) is 5.91 Å². The van der Waals surface area contributed by atoms with Crippen molar-refractivity contribution in [2.45, 2.75) is 45.4 Å². The van der Waals surface area contributed by atoms with Gasteiger partial charge < -0.3 is 5.73 Å². The van der Waals surface area contributed by atoms with E-state index in [1.54, 1.807) is 0 Å². The third-order valence-corrected chi connectivity index (χ3v) is 3.40. The smallest absolute Gasteiger partial charge is 0.231 e. The molecule has 0 saturated heterocycles. The highest BCUT2D eigenvalue weighted by atomic mass is 16.1. The van der Waals surface area contributed by atoms with E-state index in [-0.39, 0.29) is 18.4 Å². The second-order valence-corrected chi connectivity index (χ2v) is 4.98. The molecule has 1 amide bonds. The Hall–Kier alpha value is -0.900. The Morgan fingerprint density at radius 1 is 1.24 bits per heavy atom. The van der Waals surface area contributed by atoms with E-state index >= 15 is 0 Å². The van der Waals surface area contributed by atoms with Gasteiger partial charge in [0, 0.05) is 5.92 Å². The molecule has 0 radical (unpaired) electrons. The van der Waals surface area contributed by atoms with Crippen molar-refractivity contribution >= 4 is 11.7 Å². The summed E-state index contributed by atoms with van der Waals surface area (Å²) in [6, 6.07) is 0. The van der Waals surface area contributed by atoms with E-state index < -0.39 is 0 Å². The Balaban J connectivity index is 2.39. The van der Waals surface area contributed by atoms with Crippen LogP contribution in [0.3, 0.4) is 0 Å². The van der Waals surface area contributed by atoms with E-state index in [0.717, 1.165) is 32.2 Å². The Morgan fingerprint density at radius 3 is 2.41 bits per heavy atom. The molecule has 0 bridgehead atoms. The van der Waals surface area contributed by atoms with E-state index in [1.807, 2.05) is 4.90 Å². The van der Waals surface area contributed by atoms with Gasteiger partial charge in [0.15, 0.2) is 0 Å². The molecule has 1 saturated carbocycles. The summed E-state index contributed by atoms with van der Waals surface area (Å²) in [6.07, 6.45) is 6.45. The molecule has 4 nitrogen and oxygen atoms in total. The van der Waals surface area contributed by atoms with Crippen molar-refractivity contribution in [3.05, 3.63) is 0 Å². The average molecular weight is 240 g/mol. The second-order valence-electron chi connectivity index (χ2n) is 4.98. The van der Waals surface area contributed by atoms with Crippen molar-refractivity contribution in [3.63, 3.8) is 0 Å². The lowest BCUT2D eigenvalue weighted by Gasteiger charge is -2.21. The summed E-state index contributed by atoms with van der Waals surface area (Å²) in [4.78, 5) is 24.8. The van der Waals surface area contributed by atoms with Crippen LogP contribution in [0.2, 0.25) is 0 Å². The fraction of sp³-hybridized carbons (Fsp3) is 0.846. The van der Waals surface area contributed by atoms with Crippen LogP contribution in [0.5, 0.6) is 0 Å². The standard InChI is InChI=1S/C13H24N2O2/c1-2-3-8-15(10-13(14)17)9-12(16)11-6-4-5-7-11/h11H,2-10H2,1H3,(H2,14,17). The highest BCUT2D eigenvalue weighted by molar-refractivity contribution is 5.84. The van der Waals surface area contributed by atoms with E-state index in [0.29, 0.717) is 12.3 Å². The molecule has 1 rings (SSSR count). The molecule has 0 heterocycles. The van der Waals surface area contributed by atoms with Crippen molar-refractivity contribution in [2.24, 2.45) is 11.7 Å². The van der Waals surface area contributed by atoms with Crippen LogP contribution in [0.15, 0.2) is 0 Å². The number of rotatable bonds is 8. The van der Waals surface area contributed by atoms with Crippen LogP contribution in [0.25, 0.3) is 0 Å². The van der Waals surface area contributed by atoms with Gasteiger partial charge in [-0.2, -0.15) is 0 Å². The number of Topliss-reactive ketones (excluding diaryl/α,β-unsaturated/α-hetero) is 1. The van der Waals surface area contributed by atoms with Crippen LogP contribution in [-0.2, 0) is 9.59 Å². The number of hydrogen-bond acceptors (Lipinski definition) is 3. The minimum atomic E-state index is -0.347. The number of hydrogen-bond donors (Lipinski definition) is 1. The zero-order chi connectivity index (χ0) is 12.7. The molecule has 0 atom stereocenters. The van der Waals surface area contributed by atoms with Gasteiger partial charge in [0.25, 0.3) is 0 Å². The molecule has 0 aliphatic heterocycles. The minimum absolute atomic E-state index is 0.207. The van der Waals surface area contributed by atoms with E-state index in [9.17, 15) is 9.59 Å². The third-order valence-electron chi connectivity index (χ3n) is 3.40. The molecule has 17 heavy (non-hydrogen) atoms. The monoisotopic (exact) mass is 240 g/mol. The normalized spacial score (nSPS) is 16.6. The summed E-state index contributed by atoms with van der Waals surface area (Å²) in [5.41, 5.74) is 5.20. The van der Waals surface area contributed by atoms with Gasteiger partial charge in [-0.1, -0.05) is 26.2 Å². The topological polar surface area (TPSA) is 63.4 Å². The van der Waals surface area contributed by atoms with Crippen LogP contribution in [0, 0.1) is 5.92 Å². The Morgan fingerprint density at radius 2 is 1.88 bits per heavy atom. The highest BCUT2D eigenvalue weighted by Gasteiger charge is 2.24. The van der Waals surface area contributed by atoms with Gasteiger partial charge in [0.1, 0.15) is 5.78 Å². The second kappa shape index (κ2) is 7.43. The van der Waals surface area contributed by atoms with Crippen molar-refractivity contribution in [3.8, 4) is 0 Å². The molecule has 4 heteroatoms. The molecule has 98 valence electrons. The summed E-state index contributed by atoms with van der Waals surface area (Å²) in [7, 11) is 0. The number of primary amides is 1. The number of nitrogens with two attached hydrogens (primary N) is 1. The summed E-state index contributed by atoms with van der Waals surface area (Å²) in [5, 5.41) is 0. The van der Waals surface area contributed by atoms with E-state index in [1.165, 1.54) is 12.8 Å². The van der Waals surface area contributed by atoms with Crippen molar-refractivity contribution in [2.75, 3.05) is 19.6 Å². The highest BCUT2D eigenvalue weighted by Crippen LogP contribution is 2.25. The van der Waals surface area contributed by atoms with Crippen LogP contribution < -0.4 is 5.73 Å².